The highest BCUT2D eigenvalue weighted by Crippen LogP contribution is 2.24. The lowest BCUT2D eigenvalue weighted by Gasteiger charge is -2.12. The first-order valence-corrected chi connectivity index (χ1v) is 6.85. The Morgan fingerprint density at radius 2 is 1.95 bits per heavy atom. The van der Waals surface area contributed by atoms with Crippen molar-refractivity contribution in [3.05, 3.63) is 63.4 Å². The van der Waals surface area contributed by atoms with Gasteiger partial charge in [0, 0.05) is 17.1 Å². The molecule has 0 spiro atoms. The molecule has 0 aliphatic heterocycles. The van der Waals surface area contributed by atoms with Crippen molar-refractivity contribution < 1.29 is 9.13 Å². The van der Waals surface area contributed by atoms with Crippen LogP contribution in [-0.2, 0) is 13.2 Å². The molecule has 0 aliphatic rings. The van der Waals surface area contributed by atoms with E-state index in [4.69, 9.17) is 27.9 Å². The van der Waals surface area contributed by atoms with Gasteiger partial charge in [-0.25, -0.2) is 4.39 Å². The predicted octanol–water partition coefficient (Wildman–Crippen LogP) is 4.43. The Labute approximate surface area is 127 Å². The van der Waals surface area contributed by atoms with E-state index in [1.807, 2.05) is 19.2 Å². The Kier molecular flexibility index (Phi) is 5.24. The fourth-order valence-corrected chi connectivity index (χ4v) is 2.21. The summed E-state index contributed by atoms with van der Waals surface area (Å²) in [5, 5.41) is 3.81. The van der Waals surface area contributed by atoms with Crippen LogP contribution in [0.5, 0.6) is 5.75 Å². The lowest BCUT2D eigenvalue weighted by molar-refractivity contribution is 0.302. The number of hydrogen-bond donors (Lipinski definition) is 1. The standard InChI is InChI=1S/C15H14Cl2FNO/c1-19-8-11-7-12(16)3-5-15(11)20-9-10-2-4-14(18)13(17)6-10/h2-7,19H,8-9H2,1H3. The van der Waals surface area contributed by atoms with Gasteiger partial charge in [0.25, 0.3) is 0 Å². The van der Waals surface area contributed by atoms with Crippen molar-refractivity contribution in [3.63, 3.8) is 0 Å². The van der Waals surface area contributed by atoms with Crippen molar-refractivity contribution in [3.8, 4) is 5.75 Å². The molecule has 0 saturated carbocycles. The lowest BCUT2D eigenvalue weighted by atomic mass is 10.2. The van der Waals surface area contributed by atoms with Gasteiger partial charge >= 0.3 is 0 Å². The van der Waals surface area contributed by atoms with Gasteiger partial charge in [-0.05, 0) is 42.9 Å². The van der Waals surface area contributed by atoms with Crippen molar-refractivity contribution in [2.24, 2.45) is 0 Å². The zero-order valence-electron chi connectivity index (χ0n) is 10.9. The average molecular weight is 314 g/mol. The van der Waals surface area contributed by atoms with Crippen molar-refractivity contribution >= 4 is 23.2 Å². The van der Waals surface area contributed by atoms with Crippen LogP contribution in [-0.4, -0.2) is 7.05 Å². The molecule has 0 aromatic heterocycles. The molecule has 0 fully saturated rings. The molecule has 2 aromatic carbocycles. The largest absolute Gasteiger partial charge is 0.489 e. The molecular formula is C15H14Cl2FNO. The van der Waals surface area contributed by atoms with Crippen molar-refractivity contribution in [2.45, 2.75) is 13.2 Å². The Hall–Kier alpha value is -1.29. The summed E-state index contributed by atoms with van der Waals surface area (Å²) in [6, 6.07) is 9.98. The highest BCUT2D eigenvalue weighted by molar-refractivity contribution is 6.31. The fourth-order valence-electron chi connectivity index (χ4n) is 1.81. The predicted molar refractivity (Wildman–Crippen MR) is 80.0 cm³/mol. The minimum absolute atomic E-state index is 0.0951. The van der Waals surface area contributed by atoms with Crippen LogP contribution in [0.2, 0.25) is 10.0 Å². The van der Waals surface area contributed by atoms with E-state index in [0.29, 0.717) is 18.2 Å². The second kappa shape index (κ2) is 6.93. The average Bonchev–Trinajstić information content (AvgIpc) is 2.42. The van der Waals surface area contributed by atoms with Crippen LogP contribution < -0.4 is 10.1 Å². The number of nitrogens with one attached hydrogen (secondary N) is 1. The first kappa shape index (κ1) is 15.1. The van der Waals surface area contributed by atoms with E-state index in [1.54, 1.807) is 18.2 Å². The summed E-state index contributed by atoms with van der Waals surface area (Å²) in [5.41, 5.74) is 1.77. The molecule has 2 nitrogen and oxygen atoms in total. The van der Waals surface area contributed by atoms with E-state index >= 15 is 0 Å². The van der Waals surface area contributed by atoms with Gasteiger partial charge in [-0.2, -0.15) is 0 Å². The highest BCUT2D eigenvalue weighted by atomic mass is 35.5. The van der Waals surface area contributed by atoms with Gasteiger partial charge in [0.2, 0.25) is 0 Å². The topological polar surface area (TPSA) is 21.3 Å². The highest BCUT2D eigenvalue weighted by Gasteiger charge is 2.06. The molecular weight excluding hydrogens is 300 g/mol. The van der Waals surface area contributed by atoms with Crippen LogP contribution in [0.1, 0.15) is 11.1 Å². The molecule has 106 valence electrons. The number of hydrogen-bond acceptors (Lipinski definition) is 2. The number of benzene rings is 2. The van der Waals surface area contributed by atoms with Gasteiger partial charge in [-0.15, -0.1) is 0 Å². The number of rotatable bonds is 5. The second-order valence-corrected chi connectivity index (χ2v) is 5.16. The Morgan fingerprint density at radius 3 is 2.65 bits per heavy atom. The first-order valence-electron chi connectivity index (χ1n) is 6.10. The monoisotopic (exact) mass is 313 g/mol. The molecule has 0 aliphatic carbocycles. The van der Waals surface area contributed by atoms with Crippen LogP contribution in [0.15, 0.2) is 36.4 Å². The molecule has 20 heavy (non-hydrogen) atoms. The van der Waals surface area contributed by atoms with Crippen molar-refractivity contribution in [1.29, 1.82) is 0 Å². The normalized spacial score (nSPS) is 10.6. The van der Waals surface area contributed by atoms with E-state index in [0.717, 1.165) is 16.9 Å². The molecule has 0 unspecified atom stereocenters. The van der Waals surface area contributed by atoms with Gasteiger partial charge in [0.15, 0.2) is 0 Å². The zero-order chi connectivity index (χ0) is 14.5. The second-order valence-electron chi connectivity index (χ2n) is 4.32. The van der Waals surface area contributed by atoms with E-state index in [-0.39, 0.29) is 5.02 Å². The van der Waals surface area contributed by atoms with E-state index in [1.165, 1.54) is 6.07 Å². The van der Waals surface area contributed by atoms with Gasteiger partial charge in [-0.3, -0.25) is 0 Å². The summed E-state index contributed by atoms with van der Waals surface area (Å²) < 4.78 is 18.8. The van der Waals surface area contributed by atoms with Crippen LogP contribution in [0.25, 0.3) is 0 Å². The summed E-state index contributed by atoms with van der Waals surface area (Å²) in [7, 11) is 1.85. The van der Waals surface area contributed by atoms with E-state index < -0.39 is 5.82 Å². The van der Waals surface area contributed by atoms with Crippen LogP contribution in [0, 0.1) is 5.82 Å². The summed E-state index contributed by atoms with van der Waals surface area (Å²) in [5.74, 6) is 0.307. The molecule has 2 rings (SSSR count). The van der Waals surface area contributed by atoms with Gasteiger partial charge in [0.05, 0.1) is 5.02 Å². The van der Waals surface area contributed by atoms with E-state index in [2.05, 4.69) is 5.32 Å². The minimum atomic E-state index is -0.433. The molecule has 0 heterocycles. The summed E-state index contributed by atoms with van der Waals surface area (Å²) in [6.45, 7) is 0.971. The van der Waals surface area contributed by atoms with Crippen molar-refractivity contribution in [2.75, 3.05) is 7.05 Å². The number of halogens is 3. The molecule has 0 atom stereocenters. The van der Waals surface area contributed by atoms with Crippen LogP contribution in [0.4, 0.5) is 4.39 Å². The first-order chi connectivity index (χ1) is 9.60. The maximum atomic E-state index is 13.1. The third-order valence-electron chi connectivity index (χ3n) is 2.77. The van der Waals surface area contributed by atoms with Crippen LogP contribution in [0.3, 0.4) is 0 Å². The van der Waals surface area contributed by atoms with Gasteiger partial charge in [-0.1, -0.05) is 29.3 Å². The Balaban J connectivity index is 2.11. The summed E-state index contributed by atoms with van der Waals surface area (Å²) >= 11 is 11.7. The third-order valence-corrected chi connectivity index (χ3v) is 3.29. The van der Waals surface area contributed by atoms with Crippen molar-refractivity contribution in [1.82, 2.24) is 5.32 Å². The molecule has 0 saturated heterocycles. The lowest BCUT2D eigenvalue weighted by Crippen LogP contribution is -2.07. The van der Waals surface area contributed by atoms with Crippen LogP contribution >= 0.6 is 23.2 Å². The molecule has 0 radical (unpaired) electrons. The zero-order valence-corrected chi connectivity index (χ0v) is 12.4. The molecule has 0 amide bonds. The van der Waals surface area contributed by atoms with E-state index in [9.17, 15) is 4.39 Å². The molecule has 2 aromatic rings. The maximum absolute atomic E-state index is 13.1. The SMILES string of the molecule is CNCc1cc(Cl)ccc1OCc1ccc(F)c(Cl)c1. The summed E-state index contributed by atoms with van der Waals surface area (Å²) in [4.78, 5) is 0. The molecule has 1 N–H and O–H groups in total. The summed E-state index contributed by atoms with van der Waals surface area (Å²) in [6.07, 6.45) is 0. The Morgan fingerprint density at radius 1 is 1.15 bits per heavy atom. The van der Waals surface area contributed by atoms with Gasteiger partial charge in [0.1, 0.15) is 18.2 Å². The fraction of sp³-hybridized carbons (Fsp3) is 0.200. The smallest absolute Gasteiger partial charge is 0.141 e. The quantitative estimate of drug-likeness (QED) is 0.881. The maximum Gasteiger partial charge on any atom is 0.141 e. The third kappa shape index (κ3) is 3.85. The molecule has 5 heteroatoms. The minimum Gasteiger partial charge on any atom is -0.489 e. The molecule has 0 bridgehead atoms. The Bertz CT molecular complexity index is 604. The van der Waals surface area contributed by atoms with Gasteiger partial charge < -0.3 is 10.1 Å². The number of ether oxygens (including phenoxy) is 1.